The molecular weight excluding hydrogens is 466 g/mol. The third-order valence-corrected chi connectivity index (χ3v) is 7.20. The van der Waals surface area contributed by atoms with Crippen LogP contribution < -0.4 is 10.6 Å². The number of ether oxygens (including phenoxy) is 1. The molecule has 0 saturated carbocycles. The first-order valence-corrected chi connectivity index (χ1v) is 13.0. The summed E-state index contributed by atoms with van der Waals surface area (Å²) in [5, 5.41) is 45.2. The summed E-state index contributed by atoms with van der Waals surface area (Å²) < 4.78 is 5.51. The van der Waals surface area contributed by atoms with Crippen molar-refractivity contribution in [3.63, 3.8) is 0 Å². The fraction of sp³-hybridized carbons (Fsp3) is 0.864. The van der Waals surface area contributed by atoms with E-state index in [1.165, 1.54) is 16.7 Å². The number of β-amino-alcohol motifs (C(OH)–C–C–N with tert-alkyl or cyclic N) is 1. The van der Waals surface area contributed by atoms with Crippen molar-refractivity contribution in [2.45, 2.75) is 94.4 Å². The Labute approximate surface area is 204 Å². The lowest BCUT2D eigenvalue weighted by atomic mass is 10.0. The minimum atomic E-state index is -1.31. The summed E-state index contributed by atoms with van der Waals surface area (Å²) in [6, 6.07) is -0.778. The number of hydrogen-bond acceptors (Lipinski definition) is 9. The van der Waals surface area contributed by atoms with E-state index in [9.17, 15) is 34.8 Å². The number of nitrogens with one attached hydrogen (secondary N) is 2. The van der Waals surface area contributed by atoms with Crippen molar-refractivity contribution >= 4 is 29.5 Å². The average Bonchev–Trinajstić information content (AvgIpc) is 3.20. The molecule has 2 rings (SSSR count). The lowest BCUT2D eigenvalue weighted by Gasteiger charge is -2.39. The van der Waals surface area contributed by atoms with Gasteiger partial charge >= 0.3 is 0 Å². The Morgan fingerprint density at radius 2 is 1.74 bits per heavy atom. The Morgan fingerprint density at radius 1 is 1.00 bits per heavy atom. The van der Waals surface area contributed by atoms with Crippen LogP contribution in [0.5, 0.6) is 0 Å². The van der Waals surface area contributed by atoms with Crippen LogP contribution in [-0.2, 0) is 19.1 Å². The molecule has 12 heteroatoms. The molecule has 0 radical (unpaired) electrons. The first-order chi connectivity index (χ1) is 16.1. The van der Waals surface area contributed by atoms with Gasteiger partial charge in [-0.25, -0.2) is 0 Å². The highest BCUT2D eigenvalue weighted by molar-refractivity contribution is 7.99. The Kier molecular flexibility index (Phi) is 12.0. The third kappa shape index (κ3) is 8.35. The summed E-state index contributed by atoms with van der Waals surface area (Å²) in [7, 11) is 0. The van der Waals surface area contributed by atoms with Gasteiger partial charge in [-0.1, -0.05) is 13.3 Å². The van der Waals surface area contributed by atoms with Gasteiger partial charge in [-0.05, 0) is 19.8 Å². The molecule has 0 aromatic heterocycles. The van der Waals surface area contributed by atoms with Crippen LogP contribution in [0.2, 0.25) is 0 Å². The summed E-state index contributed by atoms with van der Waals surface area (Å²) in [5.74, 6) is -0.373. The number of carbonyl (C=O) groups is 3. The van der Waals surface area contributed by atoms with Crippen molar-refractivity contribution in [2.75, 3.05) is 25.4 Å². The van der Waals surface area contributed by atoms with E-state index in [4.69, 9.17) is 4.74 Å². The summed E-state index contributed by atoms with van der Waals surface area (Å²) in [6.45, 7) is 4.57. The molecule has 0 aliphatic carbocycles. The maximum absolute atomic E-state index is 12.7. The molecule has 11 nitrogen and oxygen atoms in total. The second-order valence-electron chi connectivity index (χ2n) is 8.85. The first-order valence-electron chi connectivity index (χ1n) is 12.0. The highest BCUT2D eigenvalue weighted by atomic mass is 32.2. The number of amides is 3. The minimum Gasteiger partial charge on any atom is -0.391 e. The van der Waals surface area contributed by atoms with Crippen LogP contribution >= 0.6 is 11.8 Å². The van der Waals surface area contributed by atoms with Gasteiger partial charge in [0.05, 0.1) is 12.2 Å². The van der Waals surface area contributed by atoms with E-state index in [0.717, 1.165) is 12.8 Å². The van der Waals surface area contributed by atoms with E-state index in [1.54, 1.807) is 6.92 Å². The third-order valence-electron chi connectivity index (χ3n) is 6.04. The monoisotopic (exact) mass is 505 g/mol. The van der Waals surface area contributed by atoms with Crippen molar-refractivity contribution in [3.05, 3.63) is 0 Å². The zero-order valence-corrected chi connectivity index (χ0v) is 20.7. The SMILES string of the molecule is CCCCNC(=O)CCCC(=O)N1C[C@H](O)C[C@H]1C(=O)NCCS[C@@H]1O[C@@H](C)[C@@H](O)[C@@H](O)[C@@H]1O. The Morgan fingerprint density at radius 3 is 2.44 bits per heavy atom. The highest BCUT2D eigenvalue weighted by Crippen LogP contribution is 2.28. The van der Waals surface area contributed by atoms with Crippen LogP contribution in [0.3, 0.4) is 0 Å². The molecule has 196 valence electrons. The minimum absolute atomic E-state index is 0.0780. The van der Waals surface area contributed by atoms with E-state index in [2.05, 4.69) is 10.6 Å². The van der Waals surface area contributed by atoms with Crippen molar-refractivity contribution in [2.24, 2.45) is 0 Å². The molecule has 3 amide bonds. The Balaban J connectivity index is 1.73. The van der Waals surface area contributed by atoms with Gasteiger partial charge in [-0.3, -0.25) is 14.4 Å². The molecule has 0 unspecified atom stereocenters. The number of rotatable bonds is 12. The Bertz CT molecular complexity index is 685. The van der Waals surface area contributed by atoms with Crippen molar-refractivity contribution in [3.8, 4) is 0 Å². The van der Waals surface area contributed by atoms with E-state index in [-0.39, 0.29) is 50.1 Å². The maximum atomic E-state index is 12.7. The Hall–Kier alpha value is -1.44. The highest BCUT2D eigenvalue weighted by Gasteiger charge is 2.42. The van der Waals surface area contributed by atoms with Gasteiger partial charge in [0, 0.05) is 44.6 Å². The predicted octanol–water partition coefficient (Wildman–Crippen LogP) is -1.29. The van der Waals surface area contributed by atoms with E-state index < -0.39 is 42.0 Å². The zero-order chi connectivity index (χ0) is 25.3. The van der Waals surface area contributed by atoms with Gasteiger partial charge in [0.25, 0.3) is 0 Å². The number of likely N-dealkylation sites (tertiary alicyclic amines) is 1. The van der Waals surface area contributed by atoms with Gasteiger partial charge in [0.15, 0.2) is 0 Å². The van der Waals surface area contributed by atoms with Gasteiger partial charge in [0.1, 0.15) is 29.8 Å². The average molecular weight is 506 g/mol. The van der Waals surface area contributed by atoms with Crippen molar-refractivity contribution in [1.29, 1.82) is 0 Å². The van der Waals surface area contributed by atoms with Crippen LogP contribution in [0.25, 0.3) is 0 Å². The zero-order valence-electron chi connectivity index (χ0n) is 19.9. The molecule has 34 heavy (non-hydrogen) atoms. The standard InChI is InChI=1S/C22H39N3O8S/c1-3-4-8-23-16(27)6-5-7-17(28)25-12-14(26)11-15(25)21(32)24-9-10-34-22-20(31)19(30)18(29)13(2)33-22/h13-15,18-20,22,26,29-31H,3-12H2,1-2H3,(H,23,27)(H,24,32)/t13-,14+,15-,18+,19+,20-,22-/m0/s1. The number of unbranched alkanes of at least 4 members (excludes halogenated alkanes) is 1. The summed E-state index contributed by atoms with van der Waals surface area (Å²) >= 11 is 1.20. The van der Waals surface area contributed by atoms with E-state index in [0.29, 0.717) is 18.7 Å². The number of hydrogen-bond donors (Lipinski definition) is 6. The summed E-state index contributed by atoms with van der Waals surface area (Å²) in [6.07, 6.45) is -2.37. The quantitative estimate of drug-likeness (QED) is 0.177. The molecule has 2 fully saturated rings. The molecule has 6 N–H and O–H groups in total. The molecule has 7 atom stereocenters. The smallest absolute Gasteiger partial charge is 0.242 e. The van der Waals surface area contributed by atoms with Crippen LogP contribution in [-0.4, -0.2) is 110 Å². The molecule has 0 aromatic carbocycles. The van der Waals surface area contributed by atoms with Crippen molar-refractivity contribution in [1.82, 2.24) is 15.5 Å². The molecule has 2 heterocycles. The predicted molar refractivity (Wildman–Crippen MR) is 126 cm³/mol. The first kappa shape index (κ1) is 28.8. The van der Waals surface area contributed by atoms with E-state index in [1.807, 2.05) is 6.92 Å². The lowest BCUT2D eigenvalue weighted by molar-refractivity contribution is -0.192. The number of carbonyl (C=O) groups excluding carboxylic acids is 3. The van der Waals surface area contributed by atoms with Crippen molar-refractivity contribution < 1.29 is 39.5 Å². The molecule has 0 spiro atoms. The normalized spacial score (nSPS) is 31.4. The molecule has 2 saturated heterocycles. The molecule has 2 aliphatic heterocycles. The number of aliphatic hydroxyl groups is 4. The number of aliphatic hydroxyl groups excluding tert-OH is 4. The fourth-order valence-electron chi connectivity index (χ4n) is 3.99. The summed E-state index contributed by atoms with van der Waals surface area (Å²) in [5.41, 5.74) is -0.740. The topological polar surface area (TPSA) is 169 Å². The lowest BCUT2D eigenvalue weighted by Crippen LogP contribution is -2.55. The molecular formula is C22H39N3O8S. The van der Waals surface area contributed by atoms with Gasteiger partial charge in [0.2, 0.25) is 17.7 Å². The van der Waals surface area contributed by atoms with Gasteiger partial charge in [-0.2, -0.15) is 0 Å². The van der Waals surface area contributed by atoms with Crippen LogP contribution in [0, 0.1) is 0 Å². The summed E-state index contributed by atoms with van der Waals surface area (Å²) in [4.78, 5) is 38.4. The fourth-order valence-corrected chi connectivity index (χ4v) is 5.06. The van der Waals surface area contributed by atoms with Crippen LogP contribution in [0.1, 0.15) is 52.4 Å². The van der Waals surface area contributed by atoms with Crippen LogP contribution in [0.15, 0.2) is 0 Å². The largest absolute Gasteiger partial charge is 0.391 e. The number of thioether (sulfide) groups is 1. The number of nitrogens with zero attached hydrogens (tertiary/aromatic N) is 1. The maximum Gasteiger partial charge on any atom is 0.242 e. The molecule has 0 aromatic rings. The van der Waals surface area contributed by atoms with Gasteiger partial charge < -0.3 is 40.7 Å². The van der Waals surface area contributed by atoms with Crippen LogP contribution in [0.4, 0.5) is 0 Å². The molecule has 0 bridgehead atoms. The van der Waals surface area contributed by atoms with E-state index >= 15 is 0 Å². The van der Waals surface area contributed by atoms with Gasteiger partial charge in [-0.15, -0.1) is 11.8 Å². The second kappa shape index (κ2) is 14.2. The second-order valence-corrected chi connectivity index (χ2v) is 10.1. The molecule has 2 aliphatic rings.